The van der Waals surface area contributed by atoms with Crippen LogP contribution in [0.4, 0.5) is 0 Å². The minimum atomic E-state index is 0.0165. The minimum absolute atomic E-state index is 0.0165. The van der Waals surface area contributed by atoms with Crippen molar-refractivity contribution in [2.24, 2.45) is 0 Å². The van der Waals surface area contributed by atoms with Crippen LogP contribution in [-0.2, 0) is 12.0 Å². The van der Waals surface area contributed by atoms with E-state index in [1.807, 2.05) is 12.2 Å². The molecular formula is C29H27N. The Kier molecular flexibility index (Phi) is 4.47. The number of rotatable bonds is 4. The molecule has 0 amide bonds. The van der Waals surface area contributed by atoms with Crippen LogP contribution in [0.1, 0.15) is 31.4 Å². The van der Waals surface area contributed by atoms with Gasteiger partial charge in [-0.05, 0) is 40.8 Å². The average Bonchev–Trinajstić information content (AvgIpc) is 3.01. The Morgan fingerprint density at radius 1 is 0.967 bits per heavy atom. The number of hydrogen-bond donors (Lipinski definition) is 0. The summed E-state index contributed by atoms with van der Waals surface area (Å²) < 4.78 is 2.44. The van der Waals surface area contributed by atoms with Crippen molar-refractivity contribution in [3.63, 3.8) is 0 Å². The lowest BCUT2D eigenvalue weighted by Crippen LogP contribution is -2.16. The molecule has 0 spiro atoms. The summed E-state index contributed by atoms with van der Waals surface area (Å²) in [6, 6.07) is 13.5. The molecule has 1 nitrogen and oxygen atoms in total. The molecule has 1 heteroatoms. The quantitative estimate of drug-likeness (QED) is 0.404. The molecule has 2 aliphatic rings. The van der Waals surface area contributed by atoms with E-state index >= 15 is 0 Å². The van der Waals surface area contributed by atoms with E-state index in [0.717, 1.165) is 13.0 Å². The zero-order chi connectivity index (χ0) is 20.7. The first-order chi connectivity index (χ1) is 14.6. The number of benzene rings is 2. The molecule has 0 fully saturated rings. The predicted octanol–water partition coefficient (Wildman–Crippen LogP) is 7.65. The monoisotopic (exact) mass is 389 g/mol. The van der Waals surface area contributed by atoms with E-state index in [4.69, 9.17) is 0 Å². The predicted molar refractivity (Wildman–Crippen MR) is 131 cm³/mol. The molecule has 0 saturated heterocycles. The molecule has 0 bridgehead atoms. The molecular weight excluding hydrogens is 362 g/mol. The second-order valence-corrected chi connectivity index (χ2v) is 8.55. The Balaban J connectivity index is 1.81. The normalized spacial score (nSPS) is 17.4. The first-order valence-corrected chi connectivity index (χ1v) is 10.7. The highest BCUT2D eigenvalue weighted by molar-refractivity contribution is 6.15. The Hall–Kier alpha value is -3.32. The zero-order valence-electron chi connectivity index (χ0n) is 17.7. The molecule has 3 aromatic rings. The summed E-state index contributed by atoms with van der Waals surface area (Å²) in [5.41, 5.74) is 8.29. The third kappa shape index (κ3) is 2.69. The molecule has 2 aromatic carbocycles. The Labute approximate surface area is 178 Å². The largest absolute Gasteiger partial charge is 0.337 e. The zero-order valence-corrected chi connectivity index (χ0v) is 17.7. The highest BCUT2D eigenvalue weighted by Gasteiger charge is 2.37. The molecule has 0 radical (unpaired) electrons. The third-order valence-corrected chi connectivity index (χ3v) is 6.47. The fourth-order valence-corrected chi connectivity index (χ4v) is 5.06. The summed E-state index contributed by atoms with van der Waals surface area (Å²) in [5, 5.41) is 2.72. The van der Waals surface area contributed by atoms with Crippen LogP contribution in [0.2, 0.25) is 0 Å². The summed E-state index contributed by atoms with van der Waals surface area (Å²) in [4.78, 5) is 0. The van der Waals surface area contributed by atoms with Crippen molar-refractivity contribution in [1.82, 2.24) is 4.57 Å². The topological polar surface area (TPSA) is 4.93 Å². The Morgan fingerprint density at radius 3 is 2.67 bits per heavy atom. The molecule has 148 valence electrons. The van der Waals surface area contributed by atoms with Gasteiger partial charge in [-0.25, -0.2) is 0 Å². The van der Waals surface area contributed by atoms with Crippen molar-refractivity contribution in [1.29, 1.82) is 0 Å². The maximum absolute atomic E-state index is 3.73. The standard InChI is InChI=1S/C29H27N/c1-4-5-6-7-13-20-30-25-17-12-11-15-22(25)28-26(30)19-18-24-27(28)21-14-9-8-10-16-23(21)29(24,2)3/h4-7,9-19H,1,8,20H2,2-3H3/b6-5-,13-7-. The van der Waals surface area contributed by atoms with Gasteiger partial charge in [-0.15, -0.1) is 0 Å². The summed E-state index contributed by atoms with van der Waals surface area (Å²) in [5.74, 6) is 0. The number of hydrogen-bond acceptors (Lipinski definition) is 0. The van der Waals surface area contributed by atoms with E-state index in [1.54, 1.807) is 6.08 Å². The fraction of sp³-hybridized carbons (Fsp3) is 0.172. The SMILES string of the molecule is C=C/C=C\C=C/Cn1c2ccccc2c2c3c(ccc21)C(C)(C)C1=C3C=CCC=C1. The van der Waals surface area contributed by atoms with Gasteiger partial charge in [-0.3, -0.25) is 0 Å². The molecule has 0 N–H and O–H groups in total. The third-order valence-electron chi connectivity index (χ3n) is 6.47. The van der Waals surface area contributed by atoms with Crippen molar-refractivity contribution < 1.29 is 0 Å². The van der Waals surface area contributed by atoms with Crippen LogP contribution in [0, 0.1) is 0 Å². The molecule has 1 aromatic heterocycles. The Morgan fingerprint density at radius 2 is 1.80 bits per heavy atom. The number of fused-ring (bicyclic) bond motifs is 6. The van der Waals surface area contributed by atoms with Gasteiger partial charge >= 0.3 is 0 Å². The van der Waals surface area contributed by atoms with Crippen molar-refractivity contribution in [2.75, 3.05) is 0 Å². The van der Waals surface area contributed by atoms with Crippen LogP contribution >= 0.6 is 0 Å². The van der Waals surface area contributed by atoms with Gasteiger partial charge in [0.15, 0.2) is 0 Å². The van der Waals surface area contributed by atoms with Crippen molar-refractivity contribution in [3.05, 3.63) is 114 Å². The lowest BCUT2D eigenvalue weighted by Gasteiger charge is -2.23. The average molecular weight is 390 g/mol. The summed E-state index contributed by atoms with van der Waals surface area (Å²) in [6.07, 6.45) is 20.3. The summed E-state index contributed by atoms with van der Waals surface area (Å²) in [7, 11) is 0. The Bertz CT molecular complexity index is 1320. The molecule has 0 aliphatic heterocycles. The van der Waals surface area contributed by atoms with Gasteiger partial charge in [0.05, 0.1) is 5.52 Å². The van der Waals surface area contributed by atoms with Crippen LogP contribution in [0.5, 0.6) is 0 Å². The summed E-state index contributed by atoms with van der Waals surface area (Å²) in [6.45, 7) is 9.29. The van der Waals surface area contributed by atoms with Crippen LogP contribution in [0.3, 0.4) is 0 Å². The minimum Gasteiger partial charge on any atom is -0.337 e. The van der Waals surface area contributed by atoms with Gasteiger partial charge < -0.3 is 4.57 Å². The second-order valence-electron chi connectivity index (χ2n) is 8.55. The van der Waals surface area contributed by atoms with E-state index in [9.17, 15) is 0 Å². The smallest absolute Gasteiger partial charge is 0.0500 e. The van der Waals surface area contributed by atoms with Crippen LogP contribution in [-0.4, -0.2) is 4.57 Å². The lowest BCUT2D eigenvalue weighted by molar-refractivity contribution is 0.654. The van der Waals surface area contributed by atoms with E-state index in [-0.39, 0.29) is 5.41 Å². The molecule has 30 heavy (non-hydrogen) atoms. The fourth-order valence-electron chi connectivity index (χ4n) is 5.06. The van der Waals surface area contributed by atoms with Crippen LogP contribution in [0.15, 0.2) is 103 Å². The molecule has 0 saturated carbocycles. The van der Waals surface area contributed by atoms with Gasteiger partial charge in [-0.2, -0.15) is 0 Å². The van der Waals surface area contributed by atoms with Gasteiger partial charge in [0, 0.05) is 28.2 Å². The highest BCUT2D eigenvalue weighted by Crippen LogP contribution is 2.51. The molecule has 0 unspecified atom stereocenters. The molecule has 5 rings (SSSR count). The summed E-state index contributed by atoms with van der Waals surface area (Å²) >= 11 is 0. The number of allylic oxidation sites excluding steroid dienone is 11. The first-order valence-electron chi connectivity index (χ1n) is 10.7. The molecule has 1 heterocycles. The lowest BCUT2D eigenvalue weighted by atomic mass is 9.80. The van der Waals surface area contributed by atoms with Crippen molar-refractivity contribution in [2.45, 2.75) is 32.2 Å². The van der Waals surface area contributed by atoms with E-state index in [0.29, 0.717) is 0 Å². The van der Waals surface area contributed by atoms with E-state index < -0.39 is 0 Å². The second kappa shape index (κ2) is 7.18. The maximum atomic E-state index is 3.73. The number of nitrogens with zero attached hydrogens (tertiary/aromatic N) is 1. The maximum Gasteiger partial charge on any atom is 0.0500 e. The first kappa shape index (κ1) is 18.7. The number of para-hydroxylation sites is 1. The van der Waals surface area contributed by atoms with Crippen LogP contribution < -0.4 is 0 Å². The van der Waals surface area contributed by atoms with Crippen LogP contribution in [0.25, 0.3) is 27.4 Å². The van der Waals surface area contributed by atoms with Gasteiger partial charge in [0.25, 0.3) is 0 Å². The van der Waals surface area contributed by atoms with Crippen molar-refractivity contribution in [3.8, 4) is 0 Å². The van der Waals surface area contributed by atoms with E-state index in [1.165, 1.54) is 44.1 Å². The highest BCUT2D eigenvalue weighted by atomic mass is 15.0. The number of aromatic nitrogens is 1. The van der Waals surface area contributed by atoms with Gasteiger partial charge in [0.2, 0.25) is 0 Å². The van der Waals surface area contributed by atoms with Gasteiger partial charge in [-0.1, -0.05) is 99.4 Å². The molecule has 2 aliphatic carbocycles. The molecule has 0 atom stereocenters. The van der Waals surface area contributed by atoms with E-state index in [2.05, 4.69) is 97.8 Å². The van der Waals surface area contributed by atoms with Crippen molar-refractivity contribution >= 4 is 27.4 Å². The van der Waals surface area contributed by atoms with Gasteiger partial charge in [0.1, 0.15) is 0 Å².